The summed E-state index contributed by atoms with van der Waals surface area (Å²) in [6.45, 7) is 2.04. The molecule has 1 aliphatic carbocycles. The van der Waals surface area contributed by atoms with Gasteiger partial charge in [0.2, 0.25) is 0 Å². The quantitative estimate of drug-likeness (QED) is 0.719. The Labute approximate surface area is 90.0 Å². The van der Waals surface area contributed by atoms with E-state index in [0.29, 0.717) is 12.3 Å². The van der Waals surface area contributed by atoms with Crippen LogP contribution in [0.25, 0.3) is 0 Å². The number of pyridine rings is 1. The summed E-state index contributed by atoms with van der Waals surface area (Å²) < 4.78 is 13.1. The van der Waals surface area contributed by atoms with E-state index in [4.69, 9.17) is 0 Å². The number of aromatic nitrogens is 1. The molecule has 0 N–H and O–H groups in total. The van der Waals surface area contributed by atoms with Gasteiger partial charge in [-0.25, -0.2) is 4.39 Å². The van der Waals surface area contributed by atoms with E-state index in [1.807, 2.05) is 19.3 Å². The monoisotopic (exact) mass is 205 g/mol. The highest BCUT2D eigenvalue weighted by Crippen LogP contribution is 2.27. The molecule has 1 aromatic heterocycles. The third-order valence-electron chi connectivity index (χ3n) is 2.88. The second-order valence-corrected chi connectivity index (χ2v) is 4.37. The zero-order chi connectivity index (χ0) is 10.7. The molecule has 1 aliphatic rings. The minimum atomic E-state index is 0.0619. The third-order valence-corrected chi connectivity index (χ3v) is 2.88. The van der Waals surface area contributed by atoms with E-state index in [-0.39, 0.29) is 5.83 Å². The summed E-state index contributed by atoms with van der Waals surface area (Å²) in [6, 6.07) is 2.14. The number of aryl methyl sites for hydroxylation is 1. The molecular formula is C13H16FN. The van der Waals surface area contributed by atoms with E-state index in [1.54, 1.807) is 6.08 Å². The molecule has 15 heavy (non-hydrogen) atoms. The van der Waals surface area contributed by atoms with Gasteiger partial charge in [-0.1, -0.05) is 12.1 Å². The molecule has 0 saturated heterocycles. The predicted molar refractivity (Wildman–Crippen MR) is 59.2 cm³/mol. The lowest BCUT2D eigenvalue weighted by molar-refractivity contribution is 0.406. The molecule has 0 amide bonds. The maximum atomic E-state index is 13.1. The fraction of sp³-hybridized carbons (Fsp3) is 0.462. The first-order valence-corrected chi connectivity index (χ1v) is 5.49. The average molecular weight is 205 g/mol. The molecule has 0 aromatic carbocycles. The summed E-state index contributed by atoms with van der Waals surface area (Å²) in [6.07, 6.45) is 9.00. The van der Waals surface area contributed by atoms with Crippen LogP contribution in [-0.4, -0.2) is 4.98 Å². The number of nitrogens with zero attached hydrogens (tertiary/aromatic N) is 1. The highest BCUT2D eigenvalue weighted by atomic mass is 19.1. The molecule has 1 atom stereocenters. The lowest BCUT2D eigenvalue weighted by atomic mass is 9.88. The van der Waals surface area contributed by atoms with E-state index < -0.39 is 0 Å². The van der Waals surface area contributed by atoms with Crippen molar-refractivity contribution in [3.8, 4) is 0 Å². The molecular weight excluding hydrogens is 189 g/mol. The molecule has 0 fully saturated rings. The van der Waals surface area contributed by atoms with Gasteiger partial charge in [0, 0.05) is 18.8 Å². The van der Waals surface area contributed by atoms with Crippen LogP contribution in [0.4, 0.5) is 4.39 Å². The summed E-state index contributed by atoms with van der Waals surface area (Å²) >= 11 is 0. The second kappa shape index (κ2) is 4.56. The smallest absolute Gasteiger partial charge is 0.0962 e. The van der Waals surface area contributed by atoms with Crippen molar-refractivity contribution >= 4 is 0 Å². The van der Waals surface area contributed by atoms with Crippen LogP contribution in [0.5, 0.6) is 0 Å². The molecule has 1 aromatic rings. The van der Waals surface area contributed by atoms with Crippen LogP contribution in [0.1, 0.15) is 30.4 Å². The first-order valence-electron chi connectivity index (χ1n) is 5.49. The van der Waals surface area contributed by atoms with Crippen molar-refractivity contribution in [1.82, 2.24) is 4.98 Å². The topological polar surface area (TPSA) is 12.9 Å². The van der Waals surface area contributed by atoms with Gasteiger partial charge in [0.1, 0.15) is 0 Å². The Morgan fingerprint density at radius 2 is 2.33 bits per heavy atom. The van der Waals surface area contributed by atoms with Gasteiger partial charge < -0.3 is 0 Å². The van der Waals surface area contributed by atoms with Crippen molar-refractivity contribution < 1.29 is 4.39 Å². The van der Waals surface area contributed by atoms with E-state index in [1.165, 1.54) is 11.1 Å². The number of hydrogen-bond acceptors (Lipinski definition) is 1. The number of halogens is 1. The van der Waals surface area contributed by atoms with E-state index in [2.05, 4.69) is 11.1 Å². The zero-order valence-corrected chi connectivity index (χ0v) is 9.04. The Morgan fingerprint density at radius 3 is 3.07 bits per heavy atom. The Balaban J connectivity index is 2.00. The minimum absolute atomic E-state index is 0.0619. The van der Waals surface area contributed by atoms with E-state index in [0.717, 1.165) is 19.3 Å². The van der Waals surface area contributed by atoms with Crippen LogP contribution < -0.4 is 0 Å². The third kappa shape index (κ3) is 2.88. The summed E-state index contributed by atoms with van der Waals surface area (Å²) in [5.74, 6) is 0.519. The van der Waals surface area contributed by atoms with Gasteiger partial charge in [0.25, 0.3) is 0 Å². The van der Waals surface area contributed by atoms with Crippen molar-refractivity contribution in [2.75, 3.05) is 0 Å². The van der Waals surface area contributed by atoms with Crippen LogP contribution in [0.2, 0.25) is 0 Å². The summed E-state index contributed by atoms with van der Waals surface area (Å²) in [7, 11) is 0. The normalized spacial score (nSPS) is 21.2. The average Bonchev–Trinajstić information content (AvgIpc) is 2.17. The fourth-order valence-corrected chi connectivity index (χ4v) is 2.17. The first-order chi connectivity index (χ1) is 7.24. The van der Waals surface area contributed by atoms with Crippen LogP contribution in [0, 0.1) is 12.8 Å². The van der Waals surface area contributed by atoms with Crippen molar-refractivity contribution in [1.29, 1.82) is 0 Å². The number of hydrogen-bond donors (Lipinski definition) is 0. The molecule has 80 valence electrons. The molecule has 1 heterocycles. The maximum Gasteiger partial charge on any atom is 0.0962 e. The SMILES string of the molecule is Cc1cncc(CC2CCC=C(F)C2)c1. The fourth-order valence-electron chi connectivity index (χ4n) is 2.17. The lowest BCUT2D eigenvalue weighted by Gasteiger charge is -2.18. The Hall–Kier alpha value is -1.18. The molecule has 0 bridgehead atoms. The largest absolute Gasteiger partial charge is 0.264 e. The van der Waals surface area contributed by atoms with Crippen LogP contribution in [-0.2, 0) is 6.42 Å². The van der Waals surface area contributed by atoms with Crippen molar-refractivity contribution in [3.63, 3.8) is 0 Å². The number of rotatable bonds is 2. The van der Waals surface area contributed by atoms with Gasteiger partial charge in [-0.2, -0.15) is 0 Å². The highest BCUT2D eigenvalue weighted by Gasteiger charge is 2.15. The molecule has 0 saturated carbocycles. The number of allylic oxidation sites excluding steroid dienone is 2. The van der Waals surface area contributed by atoms with Crippen molar-refractivity contribution in [2.45, 2.75) is 32.6 Å². The standard InChI is InChI=1S/C13H16FN/c1-10-5-12(9-15-8-10)6-11-3-2-4-13(14)7-11/h4-5,8-9,11H,2-3,6-7H2,1H3. The van der Waals surface area contributed by atoms with Crippen LogP contribution >= 0.6 is 0 Å². The molecule has 1 nitrogen and oxygen atoms in total. The maximum absolute atomic E-state index is 13.1. The molecule has 2 heteroatoms. The summed E-state index contributed by atoms with van der Waals surface area (Å²) in [4.78, 5) is 4.16. The van der Waals surface area contributed by atoms with Crippen LogP contribution in [0.3, 0.4) is 0 Å². The van der Waals surface area contributed by atoms with Gasteiger partial charge >= 0.3 is 0 Å². The predicted octanol–water partition coefficient (Wildman–Crippen LogP) is 3.59. The van der Waals surface area contributed by atoms with Crippen molar-refractivity contribution in [2.24, 2.45) is 5.92 Å². The van der Waals surface area contributed by atoms with Gasteiger partial charge in [0.05, 0.1) is 5.83 Å². The minimum Gasteiger partial charge on any atom is -0.264 e. The summed E-state index contributed by atoms with van der Waals surface area (Å²) in [5, 5.41) is 0. The molecule has 0 spiro atoms. The van der Waals surface area contributed by atoms with Crippen molar-refractivity contribution in [3.05, 3.63) is 41.5 Å². The van der Waals surface area contributed by atoms with Crippen LogP contribution in [0.15, 0.2) is 30.4 Å². The Bertz CT molecular complexity index is 371. The van der Waals surface area contributed by atoms with Gasteiger partial charge in [-0.3, -0.25) is 4.98 Å². The molecule has 0 radical (unpaired) electrons. The molecule has 2 rings (SSSR count). The zero-order valence-electron chi connectivity index (χ0n) is 9.04. The molecule has 0 aliphatic heterocycles. The summed E-state index contributed by atoms with van der Waals surface area (Å²) in [5.41, 5.74) is 2.41. The lowest BCUT2D eigenvalue weighted by Crippen LogP contribution is -2.08. The first kappa shape index (κ1) is 10.3. The van der Waals surface area contributed by atoms with Gasteiger partial charge in [-0.15, -0.1) is 0 Å². The van der Waals surface area contributed by atoms with Gasteiger partial charge in [-0.05, 0) is 43.2 Å². The Kier molecular flexibility index (Phi) is 3.14. The second-order valence-electron chi connectivity index (χ2n) is 4.37. The van der Waals surface area contributed by atoms with E-state index >= 15 is 0 Å². The van der Waals surface area contributed by atoms with Gasteiger partial charge in [0.15, 0.2) is 0 Å². The molecule has 1 unspecified atom stereocenters. The Morgan fingerprint density at radius 1 is 1.47 bits per heavy atom. The van der Waals surface area contributed by atoms with E-state index in [9.17, 15) is 4.39 Å². The highest BCUT2D eigenvalue weighted by molar-refractivity contribution is 5.17.